The van der Waals surface area contributed by atoms with Gasteiger partial charge in [0.05, 0.1) is 17.3 Å². The molecule has 0 aliphatic heterocycles. The van der Waals surface area contributed by atoms with Crippen LogP contribution in [0.5, 0.6) is 0 Å². The Morgan fingerprint density at radius 2 is 2.19 bits per heavy atom. The summed E-state index contributed by atoms with van der Waals surface area (Å²) >= 11 is 5.89. The zero-order chi connectivity index (χ0) is 12.3. The highest BCUT2D eigenvalue weighted by Crippen LogP contribution is 2.26. The van der Waals surface area contributed by atoms with Gasteiger partial charge in [-0.3, -0.25) is 4.79 Å². The van der Waals surface area contributed by atoms with E-state index in [-0.39, 0.29) is 11.8 Å². The number of primary amides is 1. The fraction of sp³-hybridized carbons (Fsp3) is 0.364. The first-order valence-corrected chi connectivity index (χ1v) is 5.35. The van der Waals surface area contributed by atoms with Crippen molar-refractivity contribution < 1.29 is 4.79 Å². The molecule has 1 atom stereocenters. The average molecular weight is 242 g/mol. The van der Waals surface area contributed by atoms with Crippen LogP contribution in [0.15, 0.2) is 18.2 Å². The standard InChI is InChI=1S/C11H16ClN3O/c1-7(11(14)16)6-15(2)10-5-8(12)3-4-9(10)13/h3-5,7H,6,13H2,1-2H3,(H2,14,16). The topological polar surface area (TPSA) is 72.3 Å². The Kier molecular flexibility index (Phi) is 4.01. The molecule has 0 bridgehead atoms. The van der Waals surface area contributed by atoms with Crippen molar-refractivity contribution in [3.8, 4) is 0 Å². The van der Waals surface area contributed by atoms with E-state index in [0.717, 1.165) is 5.69 Å². The summed E-state index contributed by atoms with van der Waals surface area (Å²) in [5, 5.41) is 0.614. The Labute approximate surface area is 100 Å². The molecule has 0 saturated carbocycles. The first-order valence-electron chi connectivity index (χ1n) is 4.97. The SMILES string of the molecule is CC(CN(C)c1cc(Cl)ccc1N)C(N)=O. The zero-order valence-electron chi connectivity index (χ0n) is 9.40. The van der Waals surface area contributed by atoms with Crippen LogP contribution in [0.25, 0.3) is 0 Å². The summed E-state index contributed by atoms with van der Waals surface area (Å²) in [6.45, 7) is 2.29. The maximum Gasteiger partial charge on any atom is 0.222 e. The van der Waals surface area contributed by atoms with Gasteiger partial charge in [-0.1, -0.05) is 18.5 Å². The van der Waals surface area contributed by atoms with Crippen LogP contribution in [-0.4, -0.2) is 19.5 Å². The van der Waals surface area contributed by atoms with Crippen LogP contribution in [0, 0.1) is 5.92 Å². The fourth-order valence-corrected chi connectivity index (χ4v) is 1.61. The maximum absolute atomic E-state index is 11.0. The third-order valence-corrected chi connectivity index (χ3v) is 2.67. The Morgan fingerprint density at radius 1 is 1.56 bits per heavy atom. The summed E-state index contributed by atoms with van der Waals surface area (Å²) in [6.07, 6.45) is 0. The predicted octanol–water partition coefficient (Wildman–Crippen LogP) is 1.48. The van der Waals surface area contributed by atoms with Gasteiger partial charge in [0.15, 0.2) is 0 Å². The summed E-state index contributed by atoms with van der Waals surface area (Å²) < 4.78 is 0. The minimum Gasteiger partial charge on any atom is -0.397 e. The van der Waals surface area contributed by atoms with Gasteiger partial charge in [0.1, 0.15) is 0 Å². The van der Waals surface area contributed by atoms with E-state index in [4.69, 9.17) is 23.1 Å². The summed E-state index contributed by atoms with van der Waals surface area (Å²) in [7, 11) is 1.85. The molecule has 1 aromatic carbocycles. The molecular formula is C11H16ClN3O. The van der Waals surface area contributed by atoms with Gasteiger partial charge in [-0.25, -0.2) is 0 Å². The number of anilines is 2. The van der Waals surface area contributed by atoms with Crippen molar-refractivity contribution in [3.63, 3.8) is 0 Å². The molecule has 0 spiro atoms. The van der Waals surface area contributed by atoms with Gasteiger partial charge in [0.25, 0.3) is 0 Å². The molecule has 88 valence electrons. The number of nitrogens with two attached hydrogens (primary N) is 2. The van der Waals surface area contributed by atoms with Crippen LogP contribution >= 0.6 is 11.6 Å². The van der Waals surface area contributed by atoms with Crippen LogP contribution in [-0.2, 0) is 4.79 Å². The fourth-order valence-electron chi connectivity index (χ4n) is 1.45. The van der Waals surface area contributed by atoms with Crippen LogP contribution in [0.2, 0.25) is 5.02 Å². The number of hydrogen-bond acceptors (Lipinski definition) is 3. The maximum atomic E-state index is 11.0. The van der Waals surface area contributed by atoms with Crippen molar-refractivity contribution in [3.05, 3.63) is 23.2 Å². The molecule has 0 aliphatic rings. The molecule has 16 heavy (non-hydrogen) atoms. The van der Waals surface area contributed by atoms with Gasteiger partial charge >= 0.3 is 0 Å². The second-order valence-electron chi connectivity index (χ2n) is 3.89. The lowest BCUT2D eigenvalue weighted by molar-refractivity contribution is -0.121. The van der Waals surface area contributed by atoms with E-state index in [2.05, 4.69) is 0 Å². The van der Waals surface area contributed by atoms with E-state index in [0.29, 0.717) is 17.3 Å². The Morgan fingerprint density at radius 3 is 2.75 bits per heavy atom. The first kappa shape index (κ1) is 12.6. The lowest BCUT2D eigenvalue weighted by Crippen LogP contribution is -2.32. The van der Waals surface area contributed by atoms with Gasteiger partial charge in [-0.2, -0.15) is 0 Å². The first-order chi connectivity index (χ1) is 7.41. The average Bonchev–Trinajstić information content (AvgIpc) is 2.21. The third kappa shape index (κ3) is 3.03. The molecule has 0 fully saturated rings. The molecule has 0 aromatic heterocycles. The minimum atomic E-state index is -0.326. The number of nitrogens with zero attached hydrogens (tertiary/aromatic N) is 1. The van der Waals surface area contributed by atoms with E-state index < -0.39 is 0 Å². The van der Waals surface area contributed by atoms with Gasteiger partial charge in [0, 0.05) is 18.6 Å². The van der Waals surface area contributed by atoms with E-state index >= 15 is 0 Å². The number of carbonyl (C=O) groups excluding carboxylic acids is 1. The highest BCUT2D eigenvalue weighted by Gasteiger charge is 2.13. The normalized spacial score (nSPS) is 12.2. The monoisotopic (exact) mass is 241 g/mol. The number of nitrogen functional groups attached to an aromatic ring is 1. The van der Waals surface area contributed by atoms with Gasteiger partial charge in [0.2, 0.25) is 5.91 Å². The van der Waals surface area contributed by atoms with Crippen molar-refractivity contribution >= 4 is 28.9 Å². The van der Waals surface area contributed by atoms with Crippen LogP contribution < -0.4 is 16.4 Å². The van der Waals surface area contributed by atoms with Crippen molar-refractivity contribution in [2.24, 2.45) is 11.7 Å². The van der Waals surface area contributed by atoms with Gasteiger partial charge in [-0.15, -0.1) is 0 Å². The van der Waals surface area contributed by atoms with Gasteiger partial charge < -0.3 is 16.4 Å². The smallest absolute Gasteiger partial charge is 0.222 e. The molecule has 1 unspecified atom stereocenters. The number of hydrogen-bond donors (Lipinski definition) is 2. The molecule has 0 heterocycles. The Balaban J connectivity index is 2.83. The highest BCUT2D eigenvalue weighted by molar-refractivity contribution is 6.31. The molecule has 0 aliphatic carbocycles. The number of carbonyl (C=O) groups is 1. The molecule has 1 amide bonds. The largest absolute Gasteiger partial charge is 0.397 e. The Bertz CT molecular complexity index is 395. The molecule has 0 saturated heterocycles. The summed E-state index contributed by atoms with van der Waals surface area (Å²) in [6, 6.07) is 5.24. The summed E-state index contributed by atoms with van der Waals surface area (Å²) in [5.41, 5.74) is 12.5. The van der Waals surface area contributed by atoms with Gasteiger partial charge in [-0.05, 0) is 18.2 Å². The second-order valence-corrected chi connectivity index (χ2v) is 4.32. The summed E-state index contributed by atoms with van der Waals surface area (Å²) in [5.74, 6) is -0.559. The minimum absolute atomic E-state index is 0.233. The molecule has 1 aromatic rings. The van der Waals surface area contributed by atoms with E-state index in [1.54, 1.807) is 25.1 Å². The van der Waals surface area contributed by atoms with Crippen molar-refractivity contribution in [2.45, 2.75) is 6.92 Å². The molecule has 4 nitrogen and oxygen atoms in total. The van der Waals surface area contributed by atoms with Crippen molar-refractivity contribution in [2.75, 3.05) is 24.2 Å². The van der Waals surface area contributed by atoms with E-state index in [9.17, 15) is 4.79 Å². The predicted molar refractivity (Wildman–Crippen MR) is 67.5 cm³/mol. The third-order valence-electron chi connectivity index (χ3n) is 2.44. The number of benzene rings is 1. The van der Waals surface area contributed by atoms with E-state index in [1.807, 2.05) is 11.9 Å². The lowest BCUT2D eigenvalue weighted by atomic mass is 10.1. The molecular weight excluding hydrogens is 226 g/mol. The van der Waals surface area contributed by atoms with Crippen LogP contribution in [0.3, 0.4) is 0 Å². The quantitative estimate of drug-likeness (QED) is 0.785. The van der Waals surface area contributed by atoms with E-state index in [1.165, 1.54) is 0 Å². The van der Waals surface area contributed by atoms with Crippen molar-refractivity contribution in [1.29, 1.82) is 0 Å². The number of amides is 1. The molecule has 4 N–H and O–H groups in total. The van der Waals surface area contributed by atoms with Crippen LogP contribution in [0.4, 0.5) is 11.4 Å². The van der Waals surface area contributed by atoms with Crippen molar-refractivity contribution in [1.82, 2.24) is 0 Å². The second kappa shape index (κ2) is 5.07. The number of halogens is 1. The van der Waals surface area contributed by atoms with Crippen LogP contribution in [0.1, 0.15) is 6.92 Å². The molecule has 0 radical (unpaired) electrons. The number of rotatable bonds is 4. The lowest BCUT2D eigenvalue weighted by Gasteiger charge is -2.23. The molecule has 1 rings (SSSR count). The Hall–Kier alpha value is -1.42. The zero-order valence-corrected chi connectivity index (χ0v) is 10.2. The summed E-state index contributed by atoms with van der Waals surface area (Å²) in [4.78, 5) is 12.8. The molecule has 5 heteroatoms. The highest BCUT2D eigenvalue weighted by atomic mass is 35.5.